The van der Waals surface area contributed by atoms with E-state index in [-0.39, 0.29) is 5.75 Å². The molecule has 1 aromatic rings. The maximum atomic E-state index is 13.0. The van der Waals surface area contributed by atoms with E-state index < -0.39 is 21.1 Å². The van der Waals surface area contributed by atoms with Crippen molar-refractivity contribution in [2.45, 2.75) is 62.7 Å². The van der Waals surface area contributed by atoms with Crippen molar-refractivity contribution in [3.63, 3.8) is 0 Å². The van der Waals surface area contributed by atoms with Crippen LogP contribution in [0.4, 0.5) is 0 Å². The van der Waals surface area contributed by atoms with Crippen LogP contribution in [-0.4, -0.2) is 12.6 Å². The number of rotatable bonds is 3. The summed E-state index contributed by atoms with van der Waals surface area (Å²) in [6.45, 7) is 0. The molecule has 2 N–H and O–H groups in total. The van der Waals surface area contributed by atoms with Gasteiger partial charge in [-0.15, -0.1) is 0 Å². The third kappa shape index (κ3) is 4.92. The first-order valence-electron chi connectivity index (χ1n) is 8.94. The molecule has 0 saturated heterocycles. The van der Waals surface area contributed by atoms with E-state index in [2.05, 4.69) is 0 Å². The first-order valence-corrected chi connectivity index (χ1v) is 11.6. The standard InChI is InChI=1S/C18H25NO4S2/c19-25(21,22)23-16-11-10-15-12-17(24(20)18(15)13-16)14-8-6-4-2-1-3-5-7-9-14/h10-14H,1-9H2,(H2,19,21,22). The van der Waals surface area contributed by atoms with Crippen LogP contribution in [-0.2, 0) is 21.1 Å². The van der Waals surface area contributed by atoms with Gasteiger partial charge in [0.15, 0.2) is 0 Å². The number of hydrogen-bond acceptors (Lipinski definition) is 4. The van der Waals surface area contributed by atoms with Crippen molar-refractivity contribution in [3.05, 3.63) is 28.7 Å². The smallest absolute Gasteiger partial charge is 0.371 e. The van der Waals surface area contributed by atoms with Crippen LogP contribution in [0.25, 0.3) is 6.08 Å². The Morgan fingerprint density at radius 2 is 1.60 bits per heavy atom. The highest BCUT2D eigenvalue weighted by molar-refractivity contribution is 7.89. The van der Waals surface area contributed by atoms with Crippen LogP contribution in [0.3, 0.4) is 0 Å². The van der Waals surface area contributed by atoms with E-state index in [0.29, 0.717) is 10.8 Å². The topological polar surface area (TPSA) is 86.5 Å². The fraction of sp³-hybridized carbons (Fsp3) is 0.556. The molecule has 0 aromatic heterocycles. The summed E-state index contributed by atoms with van der Waals surface area (Å²) in [5, 5.41) is 4.91. The van der Waals surface area contributed by atoms with E-state index in [1.807, 2.05) is 6.08 Å². The fourth-order valence-corrected chi connectivity index (χ4v) is 5.64. The van der Waals surface area contributed by atoms with Gasteiger partial charge in [-0.1, -0.05) is 44.9 Å². The Bertz CT molecular complexity index is 776. The molecular formula is C18H25NO4S2. The molecule has 5 nitrogen and oxygen atoms in total. The van der Waals surface area contributed by atoms with E-state index in [1.165, 1.54) is 51.0 Å². The average Bonchev–Trinajstić information content (AvgIpc) is 2.88. The van der Waals surface area contributed by atoms with Crippen molar-refractivity contribution in [1.82, 2.24) is 0 Å². The van der Waals surface area contributed by atoms with Crippen LogP contribution in [0, 0.1) is 5.92 Å². The summed E-state index contributed by atoms with van der Waals surface area (Å²) in [5.74, 6) is 0.448. The average molecular weight is 384 g/mol. The molecule has 2 aliphatic rings. The molecule has 1 aliphatic heterocycles. The summed E-state index contributed by atoms with van der Waals surface area (Å²) in [7, 11) is -5.33. The highest BCUT2D eigenvalue weighted by Gasteiger charge is 2.28. The van der Waals surface area contributed by atoms with E-state index in [1.54, 1.807) is 12.1 Å². The van der Waals surface area contributed by atoms with Gasteiger partial charge in [0.05, 0.1) is 15.7 Å². The highest BCUT2D eigenvalue weighted by atomic mass is 32.2. The zero-order valence-corrected chi connectivity index (χ0v) is 15.9. The monoisotopic (exact) mass is 383 g/mol. The molecule has 0 radical (unpaired) electrons. The van der Waals surface area contributed by atoms with Gasteiger partial charge in [-0.05, 0) is 48.6 Å². The number of allylic oxidation sites excluding steroid dienone is 1. The van der Waals surface area contributed by atoms with Crippen LogP contribution in [0.5, 0.6) is 5.75 Å². The molecule has 3 rings (SSSR count). The van der Waals surface area contributed by atoms with Gasteiger partial charge in [-0.3, -0.25) is 0 Å². The molecule has 138 valence electrons. The van der Waals surface area contributed by atoms with Crippen molar-refractivity contribution in [3.8, 4) is 5.75 Å². The van der Waals surface area contributed by atoms with E-state index >= 15 is 0 Å². The van der Waals surface area contributed by atoms with E-state index in [4.69, 9.17) is 9.32 Å². The Labute approximate surface area is 152 Å². The molecule has 1 fully saturated rings. The van der Waals surface area contributed by atoms with Gasteiger partial charge in [0.25, 0.3) is 0 Å². The summed E-state index contributed by atoms with van der Waals surface area (Å²) >= 11 is 0. The lowest BCUT2D eigenvalue weighted by molar-refractivity contribution is 0.440. The summed E-state index contributed by atoms with van der Waals surface area (Å²) in [5.41, 5.74) is 0.882. The molecule has 1 saturated carbocycles. The van der Waals surface area contributed by atoms with Crippen molar-refractivity contribution in [2.24, 2.45) is 11.1 Å². The maximum absolute atomic E-state index is 13.0. The minimum absolute atomic E-state index is 0.107. The Hall–Kier alpha value is -1.18. The predicted molar refractivity (Wildman–Crippen MR) is 99.6 cm³/mol. The summed E-state index contributed by atoms with van der Waals surface area (Å²) in [6, 6.07) is 4.83. The van der Waals surface area contributed by atoms with E-state index in [0.717, 1.165) is 23.3 Å². The second-order valence-electron chi connectivity index (χ2n) is 6.84. The molecule has 1 aliphatic carbocycles. The quantitative estimate of drug-likeness (QED) is 0.858. The molecule has 1 atom stereocenters. The molecule has 1 aromatic carbocycles. The summed E-state index contributed by atoms with van der Waals surface area (Å²) < 4.78 is 39.9. The van der Waals surface area contributed by atoms with Crippen molar-refractivity contribution >= 4 is 27.2 Å². The lowest BCUT2D eigenvalue weighted by Crippen LogP contribution is -2.19. The normalized spacial score (nSPS) is 22.9. The van der Waals surface area contributed by atoms with Gasteiger partial charge in [0.1, 0.15) is 5.75 Å². The Morgan fingerprint density at radius 1 is 1.00 bits per heavy atom. The summed E-state index contributed by atoms with van der Waals surface area (Å²) in [4.78, 5) is 1.59. The molecule has 0 spiro atoms. The molecule has 7 heteroatoms. The van der Waals surface area contributed by atoms with Gasteiger partial charge in [0.2, 0.25) is 0 Å². The molecule has 1 heterocycles. The number of fused-ring (bicyclic) bond motifs is 1. The van der Waals surface area contributed by atoms with Gasteiger partial charge >= 0.3 is 10.3 Å². The highest BCUT2D eigenvalue weighted by Crippen LogP contribution is 2.39. The second-order valence-corrected chi connectivity index (χ2v) is 9.44. The Kier molecular flexibility index (Phi) is 5.96. The van der Waals surface area contributed by atoms with Crippen LogP contribution in [0.2, 0.25) is 0 Å². The van der Waals surface area contributed by atoms with Gasteiger partial charge in [-0.25, -0.2) is 4.21 Å². The maximum Gasteiger partial charge on any atom is 0.380 e. The Morgan fingerprint density at radius 3 is 2.20 bits per heavy atom. The molecule has 0 bridgehead atoms. The largest absolute Gasteiger partial charge is 0.380 e. The van der Waals surface area contributed by atoms with Crippen LogP contribution >= 0.6 is 0 Å². The van der Waals surface area contributed by atoms with Crippen molar-refractivity contribution in [2.75, 3.05) is 0 Å². The molecule has 1 unspecified atom stereocenters. The van der Waals surface area contributed by atoms with Crippen LogP contribution < -0.4 is 9.32 Å². The van der Waals surface area contributed by atoms with Crippen molar-refractivity contribution in [1.29, 1.82) is 0 Å². The first kappa shape index (κ1) is 18.6. The van der Waals surface area contributed by atoms with Gasteiger partial charge in [-0.2, -0.15) is 13.6 Å². The third-order valence-electron chi connectivity index (χ3n) is 4.92. The van der Waals surface area contributed by atoms with Gasteiger partial charge < -0.3 is 4.18 Å². The number of benzene rings is 1. The van der Waals surface area contributed by atoms with Crippen LogP contribution in [0.1, 0.15) is 63.4 Å². The summed E-state index contributed by atoms with van der Waals surface area (Å²) in [6.07, 6.45) is 12.9. The Balaban J connectivity index is 1.78. The minimum atomic E-state index is -4.08. The molecule has 25 heavy (non-hydrogen) atoms. The van der Waals surface area contributed by atoms with Crippen molar-refractivity contribution < 1.29 is 16.8 Å². The predicted octanol–water partition coefficient (Wildman–Crippen LogP) is 3.87. The molecule has 0 amide bonds. The second kappa shape index (κ2) is 8.01. The lowest BCUT2D eigenvalue weighted by atomic mass is 9.91. The molecular weight excluding hydrogens is 358 g/mol. The zero-order valence-electron chi connectivity index (χ0n) is 14.3. The zero-order chi connectivity index (χ0) is 17.9. The van der Waals surface area contributed by atoms with Crippen LogP contribution in [0.15, 0.2) is 28.0 Å². The fourth-order valence-electron chi connectivity index (χ4n) is 3.68. The minimum Gasteiger partial charge on any atom is -0.371 e. The SMILES string of the molecule is NS(=O)(=O)Oc1ccc2c(c1)S(=O)C(C1CCCCCCCCC1)=C2. The number of nitrogens with two attached hydrogens (primary N) is 1. The number of hydrogen-bond donors (Lipinski definition) is 1. The third-order valence-corrected chi connectivity index (χ3v) is 6.97. The first-order chi connectivity index (χ1) is 11.9. The lowest BCUT2D eigenvalue weighted by Gasteiger charge is -2.19. The van der Waals surface area contributed by atoms with Gasteiger partial charge in [0, 0.05) is 4.91 Å². The van der Waals surface area contributed by atoms with E-state index in [9.17, 15) is 12.6 Å².